The summed E-state index contributed by atoms with van der Waals surface area (Å²) in [6.07, 6.45) is 1.66. The van der Waals surface area contributed by atoms with E-state index in [9.17, 15) is 9.59 Å². The van der Waals surface area contributed by atoms with Gasteiger partial charge in [0, 0.05) is 13.1 Å². The zero-order valence-corrected chi connectivity index (χ0v) is 15.5. The largest absolute Gasteiger partial charge is 0.497 e. The average molecular weight is 366 g/mol. The van der Waals surface area contributed by atoms with Crippen LogP contribution in [-0.4, -0.2) is 24.1 Å². The molecule has 140 valence electrons. The van der Waals surface area contributed by atoms with Gasteiger partial charge in [0.2, 0.25) is 5.91 Å². The lowest BCUT2D eigenvalue weighted by Crippen LogP contribution is -2.37. The Morgan fingerprint density at radius 1 is 1.22 bits per heavy atom. The molecule has 1 heterocycles. The molecule has 1 fully saturated rings. The maximum atomic E-state index is 12.8. The molecular formula is C21H22N2O4. The van der Waals surface area contributed by atoms with Crippen LogP contribution < -0.4 is 15.8 Å². The van der Waals surface area contributed by atoms with Gasteiger partial charge in [-0.1, -0.05) is 18.2 Å². The lowest BCUT2D eigenvalue weighted by Gasteiger charge is -2.16. The molecule has 27 heavy (non-hydrogen) atoms. The Bertz CT molecular complexity index is 1040. The minimum absolute atomic E-state index is 0.00404. The van der Waals surface area contributed by atoms with E-state index in [0.717, 1.165) is 35.2 Å². The van der Waals surface area contributed by atoms with Gasteiger partial charge in [-0.05, 0) is 55.2 Å². The minimum atomic E-state index is -0.452. The van der Waals surface area contributed by atoms with Crippen molar-refractivity contribution in [2.24, 2.45) is 0 Å². The number of hydrogen-bond acceptors (Lipinski definition) is 4. The number of carbonyl (C=O) groups is 1. The van der Waals surface area contributed by atoms with E-state index in [4.69, 9.17) is 9.15 Å². The quantitative estimate of drug-likeness (QED) is 0.728. The van der Waals surface area contributed by atoms with Crippen molar-refractivity contribution in [3.05, 3.63) is 64.1 Å². The SMILES string of the molecule is COc1ccc(C2(C(=O)NCCn3c(=O)oc4cc(C)ccc43)CC2)cc1. The van der Waals surface area contributed by atoms with Crippen LogP contribution in [0.4, 0.5) is 0 Å². The average Bonchev–Trinajstić information content (AvgIpc) is 3.42. The second kappa shape index (κ2) is 6.61. The molecule has 1 aliphatic rings. The summed E-state index contributed by atoms with van der Waals surface area (Å²) in [5, 5.41) is 2.98. The van der Waals surface area contributed by atoms with Gasteiger partial charge >= 0.3 is 5.76 Å². The molecule has 0 unspecified atom stereocenters. The van der Waals surface area contributed by atoms with Crippen LogP contribution in [0.1, 0.15) is 24.0 Å². The van der Waals surface area contributed by atoms with Crippen LogP contribution in [0.3, 0.4) is 0 Å². The first-order valence-electron chi connectivity index (χ1n) is 9.06. The standard InChI is InChI=1S/C21H22N2O4/c1-14-3-8-17-18(13-14)27-20(25)23(17)12-11-22-19(24)21(9-10-21)15-4-6-16(26-2)7-5-15/h3-8,13H,9-12H2,1-2H3,(H,22,24). The third-order valence-corrected chi connectivity index (χ3v) is 5.27. The van der Waals surface area contributed by atoms with Crippen molar-refractivity contribution >= 4 is 17.0 Å². The summed E-state index contributed by atoms with van der Waals surface area (Å²) in [6, 6.07) is 13.3. The number of benzene rings is 2. The van der Waals surface area contributed by atoms with Crippen molar-refractivity contribution in [3.63, 3.8) is 0 Å². The van der Waals surface area contributed by atoms with Crippen LogP contribution >= 0.6 is 0 Å². The molecule has 0 bridgehead atoms. The van der Waals surface area contributed by atoms with E-state index in [1.807, 2.05) is 49.4 Å². The Hall–Kier alpha value is -3.02. The number of fused-ring (bicyclic) bond motifs is 1. The summed E-state index contributed by atoms with van der Waals surface area (Å²) in [4.78, 5) is 24.8. The van der Waals surface area contributed by atoms with Crippen LogP contribution in [-0.2, 0) is 16.8 Å². The number of carbonyl (C=O) groups excluding carboxylic acids is 1. The molecular weight excluding hydrogens is 344 g/mol. The highest BCUT2D eigenvalue weighted by atomic mass is 16.5. The summed E-state index contributed by atoms with van der Waals surface area (Å²) < 4.78 is 12.0. The number of oxazole rings is 1. The third kappa shape index (κ3) is 3.12. The van der Waals surface area contributed by atoms with Gasteiger partial charge in [-0.3, -0.25) is 9.36 Å². The van der Waals surface area contributed by atoms with Crippen molar-refractivity contribution in [1.29, 1.82) is 0 Å². The highest BCUT2D eigenvalue weighted by molar-refractivity contribution is 5.91. The highest BCUT2D eigenvalue weighted by Crippen LogP contribution is 2.48. The molecule has 3 aromatic rings. The number of aryl methyl sites for hydroxylation is 1. The maximum absolute atomic E-state index is 12.8. The number of rotatable bonds is 6. The fourth-order valence-corrected chi connectivity index (χ4v) is 3.52. The Balaban J connectivity index is 1.44. The molecule has 1 N–H and O–H groups in total. The molecule has 0 atom stereocenters. The summed E-state index contributed by atoms with van der Waals surface area (Å²) >= 11 is 0. The third-order valence-electron chi connectivity index (χ3n) is 5.27. The van der Waals surface area contributed by atoms with Gasteiger partial charge in [-0.15, -0.1) is 0 Å². The number of ether oxygens (including phenoxy) is 1. The number of amides is 1. The van der Waals surface area contributed by atoms with Crippen LogP contribution in [0.5, 0.6) is 5.75 Å². The van der Waals surface area contributed by atoms with E-state index in [2.05, 4.69) is 5.32 Å². The number of aromatic nitrogens is 1. The first kappa shape index (κ1) is 17.4. The van der Waals surface area contributed by atoms with Crippen LogP contribution in [0.2, 0.25) is 0 Å². The van der Waals surface area contributed by atoms with E-state index in [0.29, 0.717) is 18.7 Å². The van der Waals surface area contributed by atoms with Crippen molar-refractivity contribution < 1.29 is 13.9 Å². The fraction of sp³-hybridized carbons (Fsp3) is 0.333. The van der Waals surface area contributed by atoms with E-state index < -0.39 is 11.2 Å². The van der Waals surface area contributed by atoms with Crippen molar-refractivity contribution in [1.82, 2.24) is 9.88 Å². The van der Waals surface area contributed by atoms with Crippen LogP contribution in [0.15, 0.2) is 51.7 Å². The Labute approximate surface area is 156 Å². The van der Waals surface area contributed by atoms with Gasteiger partial charge in [0.15, 0.2) is 5.58 Å². The lowest BCUT2D eigenvalue weighted by molar-refractivity contribution is -0.123. The molecule has 0 aliphatic heterocycles. The molecule has 2 aromatic carbocycles. The second-order valence-electron chi connectivity index (χ2n) is 7.06. The minimum Gasteiger partial charge on any atom is -0.497 e. The monoisotopic (exact) mass is 366 g/mol. The number of methoxy groups -OCH3 is 1. The summed E-state index contributed by atoms with van der Waals surface area (Å²) in [7, 11) is 1.62. The smallest absolute Gasteiger partial charge is 0.420 e. The number of nitrogens with zero attached hydrogens (tertiary/aromatic N) is 1. The first-order chi connectivity index (χ1) is 13.0. The predicted octanol–water partition coefficient (Wildman–Crippen LogP) is 2.76. The van der Waals surface area contributed by atoms with Gasteiger partial charge in [0.1, 0.15) is 5.75 Å². The Morgan fingerprint density at radius 3 is 2.63 bits per heavy atom. The maximum Gasteiger partial charge on any atom is 0.420 e. The predicted molar refractivity (Wildman–Crippen MR) is 102 cm³/mol. The van der Waals surface area contributed by atoms with E-state index in [1.165, 1.54) is 0 Å². The summed E-state index contributed by atoms with van der Waals surface area (Å²) in [5.74, 6) is 0.377. The highest BCUT2D eigenvalue weighted by Gasteiger charge is 2.51. The molecule has 0 saturated heterocycles. The van der Waals surface area contributed by atoms with Crippen molar-refractivity contribution in [2.75, 3.05) is 13.7 Å². The number of hydrogen-bond donors (Lipinski definition) is 1. The van der Waals surface area contributed by atoms with Crippen molar-refractivity contribution in [2.45, 2.75) is 31.7 Å². The van der Waals surface area contributed by atoms with Crippen LogP contribution in [0, 0.1) is 6.92 Å². The molecule has 4 rings (SSSR count). The Kier molecular flexibility index (Phi) is 4.26. The molecule has 1 saturated carbocycles. The fourth-order valence-electron chi connectivity index (χ4n) is 3.52. The first-order valence-corrected chi connectivity index (χ1v) is 9.06. The molecule has 1 amide bonds. The van der Waals surface area contributed by atoms with Gasteiger partial charge in [-0.25, -0.2) is 4.79 Å². The van der Waals surface area contributed by atoms with Gasteiger partial charge < -0.3 is 14.5 Å². The van der Waals surface area contributed by atoms with E-state index in [-0.39, 0.29) is 5.91 Å². The molecule has 6 nitrogen and oxygen atoms in total. The second-order valence-corrected chi connectivity index (χ2v) is 7.06. The van der Waals surface area contributed by atoms with E-state index in [1.54, 1.807) is 11.7 Å². The van der Waals surface area contributed by atoms with Crippen LogP contribution in [0.25, 0.3) is 11.1 Å². The summed E-state index contributed by atoms with van der Waals surface area (Å²) in [5.41, 5.74) is 2.90. The van der Waals surface area contributed by atoms with Gasteiger partial charge in [0.05, 0.1) is 18.0 Å². The van der Waals surface area contributed by atoms with Gasteiger partial charge in [-0.2, -0.15) is 0 Å². The van der Waals surface area contributed by atoms with Crippen molar-refractivity contribution in [3.8, 4) is 5.75 Å². The summed E-state index contributed by atoms with van der Waals surface area (Å²) in [6.45, 7) is 2.70. The zero-order chi connectivity index (χ0) is 19.0. The lowest BCUT2D eigenvalue weighted by atomic mass is 9.95. The Morgan fingerprint density at radius 2 is 1.96 bits per heavy atom. The topological polar surface area (TPSA) is 73.5 Å². The zero-order valence-electron chi connectivity index (χ0n) is 15.5. The molecule has 6 heteroatoms. The molecule has 0 spiro atoms. The number of nitrogens with one attached hydrogen (secondary N) is 1. The van der Waals surface area contributed by atoms with E-state index >= 15 is 0 Å². The molecule has 1 aliphatic carbocycles. The van der Waals surface area contributed by atoms with Gasteiger partial charge in [0.25, 0.3) is 0 Å². The molecule has 1 aromatic heterocycles. The normalized spacial score (nSPS) is 14.9. The molecule has 0 radical (unpaired) electrons.